The number of hydrogen-bond donors (Lipinski definition) is 1. The summed E-state index contributed by atoms with van der Waals surface area (Å²) in [4.78, 5) is 77.9. The van der Waals surface area contributed by atoms with Crippen molar-refractivity contribution in [3.8, 4) is 0 Å². The molecule has 1 fully saturated rings. The highest BCUT2D eigenvalue weighted by atomic mass is 16.6. The molecule has 1 N–H and O–H groups in total. The fourth-order valence-corrected chi connectivity index (χ4v) is 7.36. The average molecular weight is 973 g/mol. The third-order valence-electron chi connectivity index (χ3n) is 11.7. The van der Waals surface area contributed by atoms with Crippen LogP contribution < -0.4 is 5.32 Å². The van der Waals surface area contributed by atoms with Crippen LogP contribution in [-0.4, -0.2) is 106 Å². The highest BCUT2D eigenvalue weighted by molar-refractivity contribution is 5.71. The van der Waals surface area contributed by atoms with Gasteiger partial charge in [-0.1, -0.05) is 73.5 Å². The van der Waals surface area contributed by atoms with Crippen LogP contribution in [0.1, 0.15) is 196 Å². The zero-order valence-corrected chi connectivity index (χ0v) is 43.9. The number of unbranched alkanes of at least 4 members (excludes halogenated alkanes) is 7. The smallest absolute Gasteiger partial charge is 0.407 e. The van der Waals surface area contributed by atoms with Crippen molar-refractivity contribution < 1.29 is 57.2 Å². The summed E-state index contributed by atoms with van der Waals surface area (Å²) in [7, 11) is 0. The molecular weight excluding hydrogens is 881 g/mol. The minimum absolute atomic E-state index is 0.0206. The molecule has 14 heteroatoms. The van der Waals surface area contributed by atoms with Gasteiger partial charge in [-0.2, -0.15) is 0 Å². The van der Waals surface area contributed by atoms with E-state index in [0.717, 1.165) is 71.0 Å². The molecule has 1 aliphatic rings. The van der Waals surface area contributed by atoms with Crippen LogP contribution in [-0.2, 0) is 52.4 Å². The molecule has 69 heavy (non-hydrogen) atoms. The zero-order chi connectivity index (χ0) is 50.9. The van der Waals surface area contributed by atoms with Crippen molar-refractivity contribution in [3.05, 3.63) is 46.6 Å². The van der Waals surface area contributed by atoms with Crippen molar-refractivity contribution in [1.29, 1.82) is 0 Å². The normalized spacial score (nSPS) is 13.3. The zero-order valence-electron chi connectivity index (χ0n) is 43.9. The third kappa shape index (κ3) is 39.0. The highest BCUT2D eigenvalue weighted by Gasteiger charge is 2.21. The second-order valence-electron chi connectivity index (χ2n) is 19.0. The molecule has 1 rings (SSSR count). The number of nitrogens with one attached hydrogen (secondary N) is 1. The second kappa shape index (κ2) is 41.3. The summed E-state index contributed by atoms with van der Waals surface area (Å²) in [5.74, 6) is -2.55. The Morgan fingerprint density at radius 1 is 0.507 bits per heavy atom. The van der Waals surface area contributed by atoms with Crippen molar-refractivity contribution in [2.45, 2.75) is 202 Å². The fourth-order valence-electron chi connectivity index (χ4n) is 7.36. The van der Waals surface area contributed by atoms with Crippen LogP contribution in [0.3, 0.4) is 0 Å². The Morgan fingerprint density at radius 2 is 0.942 bits per heavy atom. The largest absolute Gasteiger partial charge is 0.465 e. The van der Waals surface area contributed by atoms with Gasteiger partial charge in [0.2, 0.25) is 0 Å². The van der Waals surface area contributed by atoms with Crippen molar-refractivity contribution in [3.63, 3.8) is 0 Å². The molecule has 0 radical (unpaired) electrons. The summed E-state index contributed by atoms with van der Waals surface area (Å²) < 4.78 is 33.1. The summed E-state index contributed by atoms with van der Waals surface area (Å²) >= 11 is 0. The van der Waals surface area contributed by atoms with Crippen LogP contribution in [0.25, 0.3) is 0 Å². The van der Waals surface area contributed by atoms with Gasteiger partial charge in [-0.3, -0.25) is 24.0 Å². The monoisotopic (exact) mass is 973 g/mol. The number of likely N-dealkylation sites (tertiary alicyclic amines) is 1. The number of amides is 1. The molecule has 0 aromatic heterocycles. The molecular formula is C55H92N2O12. The summed E-state index contributed by atoms with van der Waals surface area (Å²) in [6, 6.07) is 0. The Labute approximate surface area is 416 Å². The number of hydrogen-bond acceptors (Lipinski definition) is 13. The topological polar surface area (TPSA) is 173 Å². The van der Waals surface area contributed by atoms with E-state index in [4.69, 9.17) is 28.4 Å². The molecule has 1 saturated heterocycles. The van der Waals surface area contributed by atoms with E-state index in [1.54, 1.807) is 0 Å². The molecule has 0 aliphatic carbocycles. The summed E-state index contributed by atoms with van der Waals surface area (Å²) in [5.41, 5.74) is 4.91. The van der Waals surface area contributed by atoms with E-state index in [1.807, 2.05) is 26.0 Å². The first-order valence-electron chi connectivity index (χ1n) is 26.2. The fraction of sp³-hybridized carbons (Fsp3) is 0.745. The SMILES string of the molecule is CCCCCCC(CCC(=O)OCC(COC(=O)CCCCCC(=O)OC/C=C(\C)CCC=C(C)C)COC(=O)CCCCCC(=O)OC/C=C(\C)CCC=C(C)C)OC(=O)NCCN1CCCC1. The summed E-state index contributed by atoms with van der Waals surface area (Å²) in [5, 5.41) is 2.85. The predicted octanol–water partition coefficient (Wildman–Crippen LogP) is 11.5. The van der Waals surface area contributed by atoms with Crippen LogP contribution in [0, 0.1) is 5.92 Å². The van der Waals surface area contributed by atoms with Gasteiger partial charge in [0.1, 0.15) is 39.1 Å². The van der Waals surface area contributed by atoms with Gasteiger partial charge >= 0.3 is 35.9 Å². The van der Waals surface area contributed by atoms with E-state index in [9.17, 15) is 28.8 Å². The van der Waals surface area contributed by atoms with Gasteiger partial charge in [0.15, 0.2) is 0 Å². The second-order valence-corrected chi connectivity index (χ2v) is 19.0. The van der Waals surface area contributed by atoms with Gasteiger partial charge in [-0.15, -0.1) is 0 Å². The van der Waals surface area contributed by atoms with Crippen LogP contribution >= 0.6 is 0 Å². The van der Waals surface area contributed by atoms with Crippen LogP contribution in [0.2, 0.25) is 0 Å². The lowest BCUT2D eigenvalue weighted by Crippen LogP contribution is -2.35. The average Bonchev–Trinajstić information content (AvgIpc) is 3.82. The van der Waals surface area contributed by atoms with Gasteiger partial charge in [0, 0.05) is 45.2 Å². The Bertz CT molecular complexity index is 1510. The van der Waals surface area contributed by atoms with Gasteiger partial charge in [0.05, 0.1) is 5.92 Å². The molecule has 1 unspecified atom stereocenters. The highest BCUT2D eigenvalue weighted by Crippen LogP contribution is 2.16. The van der Waals surface area contributed by atoms with E-state index in [2.05, 4.69) is 57.0 Å². The number of rotatable bonds is 40. The van der Waals surface area contributed by atoms with Crippen molar-refractivity contribution in [2.24, 2.45) is 5.92 Å². The lowest BCUT2D eigenvalue weighted by atomic mass is 10.1. The lowest BCUT2D eigenvalue weighted by molar-refractivity contribution is -0.154. The van der Waals surface area contributed by atoms with Crippen molar-refractivity contribution >= 4 is 35.9 Å². The molecule has 0 saturated carbocycles. The molecule has 0 bridgehead atoms. The maximum absolute atomic E-state index is 13.0. The maximum Gasteiger partial charge on any atom is 0.407 e. The standard InChI is InChI=1S/C55H92N2O12/c1-8-9-10-13-26-49(69-55(63)56-35-38-57-36-18-19-37-57)31-32-54(62)68-43-48(41-66-52(60)29-16-11-14-27-50(58)64-39-33-46(6)24-20-22-44(2)3)42-67-53(61)30-17-12-15-28-51(59)65-40-34-47(7)25-21-23-45(4)5/h22-23,33-34,48-49H,8-21,24-32,35-43H2,1-7H3,(H,56,63)/b46-33+,47-34+. The Kier molecular flexibility index (Phi) is 37.5. The van der Waals surface area contributed by atoms with Crippen molar-refractivity contribution in [1.82, 2.24) is 10.2 Å². The van der Waals surface area contributed by atoms with Crippen LogP contribution in [0.15, 0.2) is 46.6 Å². The molecule has 1 aliphatic heterocycles. The third-order valence-corrected chi connectivity index (χ3v) is 11.7. The number of alkyl carbamates (subject to hydrolysis) is 1. The van der Waals surface area contributed by atoms with Gasteiger partial charge in [0.25, 0.3) is 0 Å². The van der Waals surface area contributed by atoms with Gasteiger partial charge in [-0.05, 0) is 150 Å². The van der Waals surface area contributed by atoms with E-state index in [0.29, 0.717) is 57.9 Å². The van der Waals surface area contributed by atoms with E-state index < -0.39 is 36.0 Å². The number of carbonyl (C=O) groups excluding carboxylic acids is 6. The quantitative estimate of drug-likeness (QED) is 0.0266. The molecule has 1 heterocycles. The minimum atomic E-state index is -0.608. The Morgan fingerprint density at radius 3 is 1.39 bits per heavy atom. The van der Waals surface area contributed by atoms with Gasteiger partial charge in [-0.25, -0.2) is 4.79 Å². The Balaban J connectivity index is 2.63. The van der Waals surface area contributed by atoms with Gasteiger partial charge < -0.3 is 38.6 Å². The number of carbonyl (C=O) groups is 6. The molecule has 1 amide bonds. The molecule has 0 aromatic rings. The maximum atomic E-state index is 13.0. The first-order chi connectivity index (χ1) is 33.2. The molecule has 0 spiro atoms. The first kappa shape index (κ1) is 62.6. The molecule has 1 atom stereocenters. The van der Waals surface area contributed by atoms with E-state index in [-0.39, 0.29) is 77.1 Å². The Hall–Kier alpha value is -4.46. The number of esters is 5. The number of nitrogens with zero attached hydrogens (tertiary/aromatic N) is 1. The first-order valence-corrected chi connectivity index (χ1v) is 26.2. The van der Waals surface area contributed by atoms with E-state index >= 15 is 0 Å². The van der Waals surface area contributed by atoms with E-state index in [1.165, 1.54) is 35.1 Å². The summed E-state index contributed by atoms with van der Waals surface area (Å²) in [6.07, 6.45) is 22.7. The lowest BCUT2D eigenvalue weighted by Gasteiger charge is -2.20. The predicted molar refractivity (Wildman–Crippen MR) is 271 cm³/mol. The summed E-state index contributed by atoms with van der Waals surface area (Å²) in [6.45, 7) is 17.9. The van der Waals surface area contributed by atoms with Crippen molar-refractivity contribution in [2.75, 3.05) is 59.2 Å². The molecule has 0 aromatic carbocycles. The molecule has 14 nitrogen and oxygen atoms in total. The molecule has 394 valence electrons. The van der Waals surface area contributed by atoms with Crippen LogP contribution in [0.5, 0.6) is 0 Å². The number of allylic oxidation sites excluding steroid dienone is 6. The minimum Gasteiger partial charge on any atom is -0.465 e. The van der Waals surface area contributed by atoms with Crippen LogP contribution in [0.4, 0.5) is 4.79 Å². The number of ether oxygens (including phenoxy) is 6.